The summed E-state index contributed by atoms with van der Waals surface area (Å²) >= 11 is 0. The van der Waals surface area contributed by atoms with Gasteiger partial charge in [-0.05, 0) is 31.0 Å². The van der Waals surface area contributed by atoms with Crippen LogP contribution < -0.4 is 0 Å². The highest BCUT2D eigenvalue weighted by Crippen LogP contribution is 2.18. The molecule has 8 heteroatoms. The molecule has 0 spiro atoms. The van der Waals surface area contributed by atoms with E-state index in [9.17, 15) is 18.0 Å². The summed E-state index contributed by atoms with van der Waals surface area (Å²) in [6, 6.07) is 3.04. The number of carbonyl (C=O) groups excluding carboxylic acids is 2. The van der Waals surface area contributed by atoms with Crippen LogP contribution in [0, 0.1) is 0 Å². The van der Waals surface area contributed by atoms with Gasteiger partial charge in [0.15, 0.2) is 0 Å². The van der Waals surface area contributed by atoms with Gasteiger partial charge in [-0.3, -0.25) is 4.55 Å². The maximum atomic E-state index is 12.0. The molecule has 1 aromatic carbocycles. The zero-order chi connectivity index (χ0) is 16.8. The van der Waals surface area contributed by atoms with Gasteiger partial charge in [-0.2, -0.15) is 8.42 Å². The Hall–Kier alpha value is -1.93. The van der Waals surface area contributed by atoms with Gasteiger partial charge in [-0.15, -0.1) is 0 Å². The molecule has 1 rings (SSSR count). The van der Waals surface area contributed by atoms with Gasteiger partial charge in [-0.25, -0.2) is 9.59 Å². The first-order valence-corrected chi connectivity index (χ1v) is 8.21. The van der Waals surface area contributed by atoms with Crippen molar-refractivity contribution in [2.45, 2.75) is 31.6 Å². The Kier molecular flexibility index (Phi) is 6.51. The van der Waals surface area contributed by atoms with Crippen molar-refractivity contribution in [3.8, 4) is 0 Å². The zero-order valence-corrected chi connectivity index (χ0v) is 13.2. The van der Waals surface area contributed by atoms with Crippen molar-refractivity contribution in [3.05, 3.63) is 29.3 Å². The van der Waals surface area contributed by atoms with Crippen molar-refractivity contribution in [1.82, 2.24) is 0 Å². The lowest BCUT2D eigenvalue weighted by Crippen LogP contribution is -2.16. The maximum Gasteiger partial charge on any atom is 0.339 e. The summed E-state index contributed by atoms with van der Waals surface area (Å²) in [6.07, 6.45) is 1.17. The highest BCUT2D eigenvalue weighted by Gasteiger charge is 2.23. The molecule has 1 N–H and O–H groups in total. The Labute approximate surface area is 129 Å². The molecule has 0 amide bonds. The van der Waals surface area contributed by atoms with Crippen molar-refractivity contribution < 1.29 is 32.0 Å². The SMILES string of the molecule is CCCOC(=O)c1ccc(S(=O)(=O)O)cc1C(=O)OCCC. The molecule has 0 bridgehead atoms. The third kappa shape index (κ3) is 4.81. The van der Waals surface area contributed by atoms with E-state index in [-0.39, 0.29) is 24.3 Å². The smallest absolute Gasteiger partial charge is 0.339 e. The Morgan fingerprint density at radius 3 is 1.95 bits per heavy atom. The number of hydrogen-bond donors (Lipinski definition) is 1. The molecule has 1 aromatic rings. The Morgan fingerprint density at radius 2 is 1.50 bits per heavy atom. The lowest BCUT2D eigenvalue weighted by Gasteiger charge is -2.10. The van der Waals surface area contributed by atoms with Crippen LogP contribution >= 0.6 is 0 Å². The minimum absolute atomic E-state index is 0.109. The summed E-state index contributed by atoms with van der Waals surface area (Å²) in [5.41, 5.74) is -0.369. The van der Waals surface area contributed by atoms with Crippen molar-refractivity contribution in [3.63, 3.8) is 0 Å². The van der Waals surface area contributed by atoms with Crippen molar-refractivity contribution >= 4 is 22.1 Å². The van der Waals surface area contributed by atoms with Gasteiger partial charge in [0.1, 0.15) is 0 Å². The van der Waals surface area contributed by atoms with Crippen LogP contribution in [0.2, 0.25) is 0 Å². The first-order valence-electron chi connectivity index (χ1n) is 6.77. The van der Waals surface area contributed by atoms with Crippen molar-refractivity contribution in [2.75, 3.05) is 13.2 Å². The van der Waals surface area contributed by atoms with Crippen molar-refractivity contribution in [2.24, 2.45) is 0 Å². The van der Waals surface area contributed by atoms with Crippen LogP contribution in [0.25, 0.3) is 0 Å². The number of ether oxygens (including phenoxy) is 2. The van der Waals surface area contributed by atoms with E-state index < -0.39 is 27.0 Å². The van der Waals surface area contributed by atoms with Gasteiger partial charge in [0.05, 0.1) is 29.2 Å². The largest absolute Gasteiger partial charge is 0.462 e. The molecule has 122 valence electrons. The summed E-state index contributed by atoms with van der Waals surface area (Å²) < 4.78 is 41.2. The van der Waals surface area contributed by atoms with Crippen LogP contribution in [0.1, 0.15) is 47.4 Å². The van der Waals surface area contributed by atoms with Gasteiger partial charge in [0, 0.05) is 0 Å². The second kappa shape index (κ2) is 7.90. The maximum absolute atomic E-state index is 12.0. The highest BCUT2D eigenvalue weighted by molar-refractivity contribution is 7.85. The number of hydrogen-bond acceptors (Lipinski definition) is 6. The lowest BCUT2D eigenvalue weighted by molar-refractivity contribution is 0.0457. The van der Waals surface area contributed by atoms with Crippen molar-refractivity contribution in [1.29, 1.82) is 0 Å². The van der Waals surface area contributed by atoms with Crippen LogP contribution in [0.5, 0.6) is 0 Å². The average molecular weight is 330 g/mol. The summed E-state index contributed by atoms with van der Waals surface area (Å²) in [5, 5.41) is 0. The van der Waals surface area contributed by atoms with Crippen LogP contribution in [0.4, 0.5) is 0 Å². The molecular formula is C14H18O7S. The van der Waals surface area contributed by atoms with Gasteiger partial charge >= 0.3 is 11.9 Å². The molecule has 0 saturated carbocycles. The molecule has 22 heavy (non-hydrogen) atoms. The molecule has 0 heterocycles. The van der Waals surface area contributed by atoms with E-state index in [1.807, 2.05) is 6.92 Å². The standard InChI is InChI=1S/C14H18O7S/c1-3-7-20-13(15)11-6-5-10(22(17,18)19)9-12(11)14(16)21-8-4-2/h5-6,9H,3-4,7-8H2,1-2H3,(H,17,18,19). The second-order valence-electron chi connectivity index (χ2n) is 4.45. The monoisotopic (exact) mass is 330 g/mol. The normalized spacial score (nSPS) is 11.0. The molecule has 0 aliphatic heterocycles. The van der Waals surface area contributed by atoms with Crippen LogP contribution in [0.3, 0.4) is 0 Å². The quantitative estimate of drug-likeness (QED) is 0.602. The first-order chi connectivity index (χ1) is 10.3. The van der Waals surface area contributed by atoms with E-state index in [0.717, 1.165) is 18.2 Å². The van der Waals surface area contributed by atoms with E-state index in [2.05, 4.69) is 0 Å². The third-order valence-electron chi connectivity index (χ3n) is 2.60. The third-order valence-corrected chi connectivity index (χ3v) is 3.45. The molecule has 0 aliphatic rings. The molecular weight excluding hydrogens is 312 g/mol. The molecule has 0 atom stereocenters. The van der Waals surface area contributed by atoms with Crippen LogP contribution in [-0.4, -0.2) is 38.1 Å². The fourth-order valence-electron chi connectivity index (χ4n) is 1.58. The van der Waals surface area contributed by atoms with E-state index in [0.29, 0.717) is 12.8 Å². The van der Waals surface area contributed by atoms with Crippen LogP contribution in [0.15, 0.2) is 23.1 Å². The number of rotatable bonds is 7. The second-order valence-corrected chi connectivity index (χ2v) is 5.88. The minimum Gasteiger partial charge on any atom is -0.462 e. The average Bonchev–Trinajstić information content (AvgIpc) is 2.48. The van der Waals surface area contributed by atoms with Gasteiger partial charge < -0.3 is 9.47 Å². The fourth-order valence-corrected chi connectivity index (χ4v) is 2.08. The summed E-state index contributed by atoms with van der Waals surface area (Å²) in [6.45, 7) is 3.89. The predicted octanol–water partition coefficient (Wildman–Crippen LogP) is 2.07. The van der Waals surface area contributed by atoms with E-state index in [4.69, 9.17) is 14.0 Å². The molecule has 0 aromatic heterocycles. The topological polar surface area (TPSA) is 107 Å². The fraction of sp³-hybridized carbons (Fsp3) is 0.429. The van der Waals surface area contributed by atoms with Gasteiger partial charge in [0.25, 0.3) is 10.1 Å². The first kappa shape index (κ1) is 18.1. The highest BCUT2D eigenvalue weighted by atomic mass is 32.2. The molecule has 0 aliphatic carbocycles. The molecule has 0 fully saturated rings. The Morgan fingerprint density at radius 1 is 1.00 bits per heavy atom. The molecule has 0 radical (unpaired) electrons. The summed E-state index contributed by atoms with van der Waals surface area (Å²) in [7, 11) is -4.50. The number of carbonyl (C=O) groups is 2. The van der Waals surface area contributed by atoms with E-state index in [1.54, 1.807) is 6.92 Å². The van der Waals surface area contributed by atoms with E-state index >= 15 is 0 Å². The molecule has 0 saturated heterocycles. The Bertz CT molecular complexity index is 649. The van der Waals surface area contributed by atoms with Crippen LogP contribution in [-0.2, 0) is 19.6 Å². The minimum atomic E-state index is -4.50. The van der Waals surface area contributed by atoms with Gasteiger partial charge in [-0.1, -0.05) is 13.8 Å². The predicted molar refractivity (Wildman–Crippen MR) is 77.4 cm³/mol. The van der Waals surface area contributed by atoms with E-state index in [1.165, 1.54) is 0 Å². The summed E-state index contributed by atoms with van der Waals surface area (Å²) in [4.78, 5) is 23.4. The lowest BCUT2D eigenvalue weighted by atomic mass is 10.1. The zero-order valence-electron chi connectivity index (χ0n) is 12.4. The summed E-state index contributed by atoms with van der Waals surface area (Å²) in [5.74, 6) is -1.61. The number of benzene rings is 1. The molecule has 0 unspecified atom stereocenters. The van der Waals surface area contributed by atoms with Gasteiger partial charge in [0.2, 0.25) is 0 Å². The number of esters is 2. The molecule has 7 nitrogen and oxygen atoms in total. The Balaban J connectivity index is 3.25.